The highest BCUT2D eigenvalue weighted by Gasteiger charge is 2.56. The Bertz CT molecular complexity index is 1220. The number of hydrogen-bond donors (Lipinski definition) is 1. The number of carbonyl (C=O) groups is 4. The summed E-state index contributed by atoms with van der Waals surface area (Å²) in [5.74, 6) is -2.51. The summed E-state index contributed by atoms with van der Waals surface area (Å²) in [7, 11) is 1.50. The fourth-order valence-corrected chi connectivity index (χ4v) is 5.99. The number of ether oxygens (including phenoxy) is 1. The number of amides is 2. The van der Waals surface area contributed by atoms with E-state index in [0.29, 0.717) is 41.0 Å². The smallest absolute Gasteiger partial charge is 0.233 e. The fourth-order valence-electron chi connectivity index (χ4n) is 5.99. The molecule has 1 fully saturated rings. The number of allylic oxidation sites excluding steroid dienone is 6. The summed E-state index contributed by atoms with van der Waals surface area (Å²) in [6.07, 6.45) is 3.92. The van der Waals surface area contributed by atoms with Crippen LogP contribution in [0, 0.1) is 17.8 Å². The molecule has 1 saturated heterocycles. The van der Waals surface area contributed by atoms with Crippen LogP contribution >= 0.6 is 0 Å². The molecular weight excluding hydrogens is 422 g/mol. The molecule has 5 rings (SSSR count). The van der Waals surface area contributed by atoms with E-state index in [1.165, 1.54) is 24.2 Å². The summed E-state index contributed by atoms with van der Waals surface area (Å²) in [4.78, 5) is 53.7. The van der Waals surface area contributed by atoms with Gasteiger partial charge in [-0.05, 0) is 44.7 Å². The van der Waals surface area contributed by atoms with E-state index in [9.17, 15) is 24.3 Å². The van der Waals surface area contributed by atoms with Crippen molar-refractivity contribution in [3.05, 3.63) is 58.2 Å². The number of methoxy groups -OCH3 is 1. The van der Waals surface area contributed by atoms with Gasteiger partial charge in [-0.3, -0.25) is 24.1 Å². The van der Waals surface area contributed by atoms with Crippen LogP contribution < -0.4 is 4.74 Å². The first kappa shape index (κ1) is 21.4. The standard InChI is InChI=1S/C26H25NO6/c1-4-27-25(31)16-8-7-14-17(22(16)26(27)32)11-18-19(28)9-12(2)24(30)23(18)21(14)15-6-5-13(33-3)10-20(15)29/h5-7,9-10,16-17,21-22,29H,4,8,11H2,1-3H3. The third-order valence-corrected chi connectivity index (χ3v) is 7.52. The van der Waals surface area contributed by atoms with E-state index in [1.807, 2.05) is 6.08 Å². The van der Waals surface area contributed by atoms with E-state index < -0.39 is 17.8 Å². The van der Waals surface area contributed by atoms with Gasteiger partial charge in [0.15, 0.2) is 11.6 Å². The van der Waals surface area contributed by atoms with Crippen molar-refractivity contribution < 1.29 is 29.0 Å². The monoisotopic (exact) mass is 447 g/mol. The number of phenolic OH excluding ortho intramolecular Hbond substituents is 1. The fraction of sp³-hybridized carbons (Fsp3) is 0.385. The Kier molecular flexibility index (Phi) is 4.88. The highest BCUT2D eigenvalue weighted by Crippen LogP contribution is 2.56. The minimum absolute atomic E-state index is 0.0497. The van der Waals surface area contributed by atoms with E-state index in [2.05, 4.69) is 0 Å². The van der Waals surface area contributed by atoms with E-state index >= 15 is 0 Å². The maximum Gasteiger partial charge on any atom is 0.233 e. The highest BCUT2D eigenvalue weighted by atomic mass is 16.5. The predicted molar refractivity (Wildman–Crippen MR) is 118 cm³/mol. The first-order chi connectivity index (χ1) is 15.8. The van der Waals surface area contributed by atoms with Gasteiger partial charge in [0, 0.05) is 40.8 Å². The van der Waals surface area contributed by atoms with Gasteiger partial charge in [0.2, 0.25) is 11.8 Å². The zero-order valence-corrected chi connectivity index (χ0v) is 18.8. The molecule has 170 valence electrons. The Morgan fingerprint density at radius 3 is 2.55 bits per heavy atom. The molecule has 7 nitrogen and oxygen atoms in total. The van der Waals surface area contributed by atoms with Crippen LogP contribution in [0.5, 0.6) is 11.5 Å². The second-order valence-corrected chi connectivity index (χ2v) is 9.07. The van der Waals surface area contributed by atoms with Crippen molar-refractivity contribution in [2.24, 2.45) is 17.8 Å². The van der Waals surface area contributed by atoms with Crippen molar-refractivity contribution in [1.82, 2.24) is 4.90 Å². The van der Waals surface area contributed by atoms with Crippen molar-refractivity contribution in [2.45, 2.75) is 32.6 Å². The molecule has 0 radical (unpaired) electrons. The molecule has 1 aliphatic heterocycles. The lowest BCUT2D eigenvalue weighted by Crippen LogP contribution is -2.39. The maximum atomic E-state index is 13.3. The molecule has 1 N–H and O–H groups in total. The maximum absolute atomic E-state index is 13.3. The molecule has 4 aliphatic rings. The quantitative estimate of drug-likeness (QED) is 0.434. The zero-order chi connectivity index (χ0) is 23.6. The van der Waals surface area contributed by atoms with E-state index in [1.54, 1.807) is 26.0 Å². The first-order valence-corrected chi connectivity index (χ1v) is 11.2. The number of imide groups is 1. The number of hydrogen-bond acceptors (Lipinski definition) is 6. The number of aromatic hydroxyl groups is 1. The Labute approximate surface area is 191 Å². The normalized spacial score (nSPS) is 28.9. The van der Waals surface area contributed by atoms with Gasteiger partial charge in [0.25, 0.3) is 0 Å². The summed E-state index contributed by atoms with van der Waals surface area (Å²) in [5, 5.41) is 10.9. The number of likely N-dealkylation sites (tertiary alicyclic amines) is 1. The predicted octanol–water partition coefficient (Wildman–Crippen LogP) is 2.85. The van der Waals surface area contributed by atoms with Gasteiger partial charge in [0.1, 0.15) is 11.5 Å². The van der Waals surface area contributed by atoms with Crippen molar-refractivity contribution in [3.8, 4) is 11.5 Å². The zero-order valence-electron chi connectivity index (χ0n) is 18.8. The lowest BCUT2D eigenvalue weighted by Gasteiger charge is -2.42. The molecule has 4 unspecified atom stereocenters. The van der Waals surface area contributed by atoms with Crippen molar-refractivity contribution in [3.63, 3.8) is 0 Å². The Balaban J connectivity index is 1.71. The molecule has 33 heavy (non-hydrogen) atoms. The third-order valence-electron chi connectivity index (χ3n) is 7.52. The number of phenols is 1. The SMILES string of the molecule is CCN1C(=O)C2CC=C3C(c4ccc(OC)cc4O)C4=C(CC3C2C1=O)C(=O)C=C(C)C4=O. The molecular formula is C26H25NO6. The van der Waals surface area contributed by atoms with Crippen molar-refractivity contribution in [2.75, 3.05) is 13.7 Å². The van der Waals surface area contributed by atoms with Crippen LogP contribution in [-0.2, 0) is 19.2 Å². The van der Waals surface area contributed by atoms with Gasteiger partial charge >= 0.3 is 0 Å². The van der Waals surface area contributed by atoms with Crippen LogP contribution in [0.3, 0.4) is 0 Å². The Morgan fingerprint density at radius 2 is 1.88 bits per heavy atom. The summed E-state index contributed by atoms with van der Waals surface area (Å²) < 4.78 is 5.21. The number of ketones is 2. The summed E-state index contributed by atoms with van der Waals surface area (Å²) in [6, 6.07) is 4.88. The molecule has 7 heteroatoms. The third kappa shape index (κ3) is 2.95. The van der Waals surface area contributed by atoms with Crippen molar-refractivity contribution in [1.29, 1.82) is 0 Å². The average molecular weight is 447 g/mol. The minimum Gasteiger partial charge on any atom is -0.507 e. The number of fused-ring (bicyclic) bond motifs is 3. The molecule has 0 saturated carbocycles. The Morgan fingerprint density at radius 1 is 1.12 bits per heavy atom. The van der Waals surface area contributed by atoms with Gasteiger partial charge < -0.3 is 9.84 Å². The molecule has 2 amide bonds. The first-order valence-electron chi connectivity index (χ1n) is 11.2. The Hall–Kier alpha value is -3.48. The second kappa shape index (κ2) is 7.54. The summed E-state index contributed by atoms with van der Waals surface area (Å²) in [5.41, 5.74) is 2.41. The molecule has 1 aromatic rings. The van der Waals surface area contributed by atoms with Gasteiger partial charge in [-0.2, -0.15) is 0 Å². The number of Topliss-reactive ketones (excluding diaryl/α,β-unsaturated/α-hetero) is 1. The van der Waals surface area contributed by atoms with Gasteiger partial charge in [-0.1, -0.05) is 17.7 Å². The molecule has 1 aromatic carbocycles. The van der Waals surface area contributed by atoms with Crippen LogP contribution in [0.15, 0.2) is 52.6 Å². The number of benzene rings is 1. The minimum atomic E-state index is -0.663. The molecule has 4 atom stereocenters. The summed E-state index contributed by atoms with van der Waals surface area (Å²) >= 11 is 0. The van der Waals surface area contributed by atoms with Crippen LogP contribution in [0.2, 0.25) is 0 Å². The van der Waals surface area contributed by atoms with Crippen LogP contribution in [-0.4, -0.2) is 47.0 Å². The van der Waals surface area contributed by atoms with E-state index in [0.717, 1.165) is 5.57 Å². The highest BCUT2D eigenvalue weighted by molar-refractivity contribution is 6.23. The molecule has 0 aromatic heterocycles. The van der Waals surface area contributed by atoms with Crippen LogP contribution in [0.4, 0.5) is 0 Å². The summed E-state index contributed by atoms with van der Waals surface area (Å²) in [6.45, 7) is 3.70. The topological polar surface area (TPSA) is 101 Å². The van der Waals surface area contributed by atoms with Crippen LogP contribution in [0.25, 0.3) is 0 Å². The van der Waals surface area contributed by atoms with Crippen molar-refractivity contribution >= 4 is 23.4 Å². The lowest BCUT2D eigenvalue weighted by molar-refractivity contribution is -0.139. The average Bonchev–Trinajstić information content (AvgIpc) is 3.05. The molecule has 0 bridgehead atoms. The number of nitrogens with zero attached hydrogens (tertiary/aromatic N) is 1. The molecule has 3 aliphatic carbocycles. The largest absolute Gasteiger partial charge is 0.507 e. The van der Waals surface area contributed by atoms with Crippen LogP contribution in [0.1, 0.15) is 38.2 Å². The van der Waals surface area contributed by atoms with Gasteiger partial charge in [-0.25, -0.2) is 0 Å². The second-order valence-electron chi connectivity index (χ2n) is 9.07. The lowest BCUT2D eigenvalue weighted by atomic mass is 9.59. The molecule has 0 spiro atoms. The van der Waals surface area contributed by atoms with Gasteiger partial charge in [0.05, 0.1) is 18.9 Å². The van der Waals surface area contributed by atoms with Gasteiger partial charge in [-0.15, -0.1) is 0 Å². The van der Waals surface area contributed by atoms with E-state index in [4.69, 9.17) is 4.74 Å². The van der Waals surface area contributed by atoms with E-state index in [-0.39, 0.29) is 41.5 Å². The number of carbonyl (C=O) groups excluding carboxylic acids is 4. The molecule has 1 heterocycles. The number of rotatable bonds is 3.